The van der Waals surface area contributed by atoms with E-state index in [1.807, 2.05) is 6.08 Å². The molecule has 0 aromatic heterocycles. The highest BCUT2D eigenvalue weighted by atomic mass is 35.5. The van der Waals surface area contributed by atoms with E-state index in [1.165, 1.54) is 13.5 Å². The molecule has 5 atom stereocenters. The van der Waals surface area contributed by atoms with Crippen LogP contribution >= 0.6 is 11.6 Å². The van der Waals surface area contributed by atoms with Gasteiger partial charge in [0.1, 0.15) is 0 Å². The van der Waals surface area contributed by atoms with Gasteiger partial charge in [-0.3, -0.25) is 4.79 Å². The molecule has 2 N–H and O–H groups in total. The summed E-state index contributed by atoms with van der Waals surface area (Å²) in [5, 5.41) is 20.7. The molecule has 154 valence electrons. The molecule has 5 heteroatoms. The van der Waals surface area contributed by atoms with Crippen molar-refractivity contribution in [3.63, 3.8) is 0 Å². The van der Waals surface area contributed by atoms with Crippen LogP contribution in [0.15, 0.2) is 24.3 Å². The third-order valence-electron chi connectivity index (χ3n) is 6.44. The van der Waals surface area contributed by atoms with Gasteiger partial charge >= 0.3 is 5.97 Å². The molecule has 0 radical (unpaired) electrons. The van der Waals surface area contributed by atoms with Gasteiger partial charge in [0.05, 0.1) is 19.3 Å². The van der Waals surface area contributed by atoms with Crippen molar-refractivity contribution in [2.75, 3.05) is 7.11 Å². The number of hydrogen-bond donors (Lipinski definition) is 2. The zero-order chi connectivity index (χ0) is 19.9. The molecule has 0 amide bonds. The van der Waals surface area contributed by atoms with E-state index in [2.05, 4.69) is 29.9 Å². The minimum Gasteiger partial charge on any atom is -0.469 e. The van der Waals surface area contributed by atoms with Crippen LogP contribution in [0.2, 0.25) is 0 Å². The lowest BCUT2D eigenvalue weighted by molar-refractivity contribution is -0.140. The third kappa shape index (κ3) is 6.33. The summed E-state index contributed by atoms with van der Waals surface area (Å²) in [6.45, 7) is 2.15. The van der Waals surface area contributed by atoms with Crippen molar-refractivity contribution in [1.29, 1.82) is 0 Å². The first-order valence-corrected chi connectivity index (χ1v) is 10.7. The Kier molecular flexibility index (Phi) is 8.84. The summed E-state index contributed by atoms with van der Waals surface area (Å²) >= 11 is 6.48. The lowest BCUT2D eigenvalue weighted by atomic mass is 9.66. The van der Waals surface area contributed by atoms with Crippen molar-refractivity contribution in [2.45, 2.75) is 82.3 Å². The van der Waals surface area contributed by atoms with Gasteiger partial charge in [0, 0.05) is 17.7 Å². The van der Waals surface area contributed by atoms with Crippen molar-refractivity contribution in [2.24, 2.45) is 17.3 Å². The number of carbonyl (C=O) groups excluding carboxylic acids is 1. The van der Waals surface area contributed by atoms with E-state index in [4.69, 9.17) is 11.6 Å². The Hall–Kier alpha value is -0.840. The molecule has 0 aromatic carbocycles. The number of allylic oxidation sites excluding steroid dienone is 2. The third-order valence-corrected chi connectivity index (χ3v) is 6.94. The maximum absolute atomic E-state index is 11.1. The molecule has 2 rings (SSSR count). The van der Waals surface area contributed by atoms with Gasteiger partial charge in [-0.1, -0.05) is 37.6 Å². The van der Waals surface area contributed by atoms with Gasteiger partial charge in [0.25, 0.3) is 0 Å². The van der Waals surface area contributed by atoms with E-state index in [-0.39, 0.29) is 34.7 Å². The van der Waals surface area contributed by atoms with Gasteiger partial charge in [0.2, 0.25) is 0 Å². The van der Waals surface area contributed by atoms with Gasteiger partial charge in [-0.15, -0.1) is 11.6 Å². The monoisotopic (exact) mass is 398 g/mol. The Morgan fingerprint density at radius 2 is 2.07 bits per heavy atom. The highest BCUT2D eigenvalue weighted by molar-refractivity contribution is 6.21. The van der Waals surface area contributed by atoms with Gasteiger partial charge in [-0.05, 0) is 56.3 Å². The quantitative estimate of drug-likeness (QED) is 0.248. The molecule has 0 spiro atoms. The molecule has 2 aliphatic carbocycles. The largest absolute Gasteiger partial charge is 0.469 e. The first kappa shape index (κ1) is 22.4. The summed E-state index contributed by atoms with van der Waals surface area (Å²) in [4.78, 5) is 11.1. The molecule has 1 unspecified atom stereocenters. The van der Waals surface area contributed by atoms with Crippen LogP contribution in [0.25, 0.3) is 0 Å². The minimum atomic E-state index is -0.419. The molecular weight excluding hydrogens is 364 g/mol. The van der Waals surface area contributed by atoms with Crippen molar-refractivity contribution in [3.8, 4) is 0 Å². The normalized spacial score (nSPS) is 31.3. The number of aliphatic hydroxyl groups excluding tert-OH is 2. The molecule has 0 bridgehead atoms. The van der Waals surface area contributed by atoms with E-state index in [9.17, 15) is 15.0 Å². The Labute approximate surface area is 168 Å². The van der Waals surface area contributed by atoms with Gasteiger partial charge < -0.3 is 14.9 Å². The zero-order valence-corrected chi connectivity index (χ0v) is 17.4. The van der Waals surface area contributed by atoms with E-state index < -0.39 is 6.10 Å². The lowest BCUT2D eigenvalue weighted by Gasteiger charge is -2.42. The Bertz CT molecular complexity index is 526. The molecule has 0 heterocycles. The van der Waals surface area contributed by atoms with Gasteiger partial charge in [-0.25, -0.2) is 0 Å². The second kappa shape index (κ2) is 10.6. The van der Waals surface area contributed by atoms with Crippen LogP contribution in [-0.2, 0) is 9.53 Å². The summed E-state index contributed by atoms with van der Waals surface area (Å²) in [5.74, 6) is 0.0612. The van der Waals surface area contributed by atoms with E-state index in [0.29, 0.717) is 19.3 Å². The summed E-state index contributed by atoms with van der Waals surface area (Å²) in [6.07, 6.45) is 15.1. The smallest absolute Gasteiger partial charge is 0.305 e. The number of ether oxygens (including phenoxy) is 1. The first-order chi connectivity index (χ1) is 12.9. The van der Waals surface area contributed by atoms with Crippen molar-refractivity contribution >= 4 is 17.6 Å². The van der Waals surface area contributed by atoms with E-state index >= 15 is 0 Å². The molecule has 2 aliphatic rings. The SMILES string of the molecule is COC(=O)CCC/C=C\C[C@@H]1[C@@H](/C=C/CC(O)C2(C)CCC2)[C@H](O)C[C@H]1Cl. The molecule has 4 nitrogen and oxygen atoms in total. The maximum Gasteiger partial charge on any atom is 0.305 e. The maximum atomic E-state index is 11.1. The first-order valence-electron chi connectivity index (χ1n) is 10.3. The molecular formula is C22H35ClO4. The van der Waals surface area contributed by atoms with Crippen LogP contribution < -0.4 is 0 Å². The number of hydrogen-bond acceptors (Lipinski definition) is 4. The molecule has 27 heavy (non-hydrogen) atoms. The number of alkyl halides is 1. The molecule has 2 saturated carbocycles. The fourth-order valence-electron chi connectivity index (χ4n) is 4.22. The average molecular weight is 399 g/mol. The van der Waals surface area contributed by atoms with Crippen LogP contribution in [0.1, 0.15) is 64.7 Å². The molecule has 2 fully saturated rings. The van der Waals surface area contributed by atoms with Crippen LogP contribution in [0, 0.1) is 17.3 Å². The Morgan fingerprint density at radius 3 is 2.70 bits per heavy atom. The predicted octanol–water partition coefficient (Wildman–Crippen LogP) is 4.38. The summed E-state index contributed by atoms with van der Waals surface area (Å²) < 4.78 is 4.63. The topological polar surface area (TPSA) is 66.8 Å². The highest BCUT2D eigenvalue weighted by Crippen LogP contribution is 2.44. The number of unbranched alkanes of at least 4 members (excludes halogenated alkanes) is 1. The molecule has 0 aliphatic heterocycles. The second-order valence-electron chi connectivity index (χ2n) is 8.42. The number of aliphatic hydroxyl groups is 2. The number of methoxy groups -OCH3 is 1. The average Bonchev–Trinajstić information content (AvgIpc) is 2.88. The lowest BCUT2D eigenvalue weighted by Crippen LogP contribution is -2.38. The van der Waals surface area contributed by atoms with Gasteiger partial charge in [-0.2, -0.15) is 0 Å². The Morgan fingerprint density at radius 1 is 1.33 bits per heavy atom. The van der Waals surface area contributed by atoms with Crippen molar-refractivity contribution in [1.82, 2.24) is 0 Å². The van der Waals surface area contributed by atoms with Crippen LogP contribution in [0.4, 0.5) is 0 Å². The summed E-state index contributed by atoms with van der Waals surface area (Å²) in [7, 11) is 1.41. The minimum absolute atomic E-state index is 0.0358. The number of rotatable bonds is 10. The van der Waals surface area contributed by atoms with Crippen molar-refractivity contribution < 1.29 is 19.7 Å². The summed E-state index contributed by atoms with van der Waals surface area (Å²) in [5.41, 5.74) is 0.0694. The van der Waals surface area contributed by atoms with Gasteiger partial charge in [0.15, 0.2) is 0 Å². The highest BCUT2D eigenvalue weighted by Gasteiger charge is 2.40. The van der Waals surface area contributed by atoms with E-state index in [1.54, 1.807) is 0 Å². The summed E-state index contributed by atoms with van der Waals surface area (Å²) in [6, 6.07) is 0. The standard InChI is InChI=1S/C22H35ClO4/c1-22(13-8-14-22)20(25)11-7-10-17-16(18(23)15-19(17)24)9-5-3-4-6-12-21(26)27-2/h3,5,7,10,16-20,24-25H,4,6,8-9,11-15H2,1-2H3/b5-3-,10-7+/t16-,17-,18-,19-,20?/m1/s1. The number of carbonyl (C=O) groups is 1. The molecule has 0 aromatic rings. The number of halogens is 1. The fraction of sp³-hybridized carbons (Fsp3) is 0.773. The van der Waals surface area contributed by atoms with Crippen molar-refractivity contribution in [3.05, 3.63) is 24.3 Å². The van der Waals surface area contributed by atoms with Crippen LogP contribution in [0.3, 0.4) is 0 Å². The molecule has 0 saturated heterocycles. The zero-order valence-electron chi connectivity index (χ0n) is 16.6. The number of esters is 1. The Balaban J connectivity index is 1.79. The second-order valence-corrected chi connectivity index (χ2v) is 8.98. The van der Waals surface area contributed by atoms with Crippen LogP contribution in [-0.4, -0.2) is 40.9 Å². The predicted molar refractivity (Wildman–Crippen MR) is 109 cm³/mol. The van der Waals surface area contributed by atoms with Crippen LogP contribution in [0.5, 0.6) is 0 Å². The fourth-order valence-corrected chi connectivity index (χ4v) is 4.67. The van der Waals surface area contributed by atoms with E-state index in [0.717, 1.165) is 32.1 Å².